The summed E-state index contributed by atoms with van der Waals surface area (Å²) in [6.07, 6.45) is 2.30. The molecule has 1 saturated carbocycles. The molecule has 0 bridgehead atoms. The zero-order valence-corrected chi connectivity index (χ0v) is 6.88. The molecule has 0 aromatic rings. The molecule has 0 radical (unpaired) electrons. The lowest BCUT2D eigenvalue weighted by Crippen LogP contribution is -2.06. The topological polar surface area (TPSA) is 26.3 Å². The molecule has 2 rings (SSSR count). The number of hydrogen-bond acceptors (Lipinski definition) is 2. The van der Waals surface area contributed by atoms with Gasteiger partial charge in [0.1, 0.15) is 5.78 Å². The van der Waals surface area contributed by atoms with Gasteiger partial charge in [0.15, 0.2) is 0 Å². The summed E-state index contributed by atoms with van der Waals surface area (Å²) >= 11 is 0. The van der Waals surface area contributed by atoms with Crippen LogP contribution in [0.2, 0.25) is 0 Å². The first-order chi connectivity index (χ1) is 5.29. The maximum Gasteiger partial charge on any atom is 0.133 e. The van der Waals surface area contributed by atoms with Gasteiger partial charge in [0.25, 0.3) is 0 Å². The smallest absolute Gasteiger partial charge is 0.133 e. The van der Waals surface area contributed by atoms with E-state index in [2.05, 4.69) is 0 Å². The van der Waals surface area contributed by atoms with Crippen LogP contribution in [0.25, 0.3) is 0 Å². The zero-order chi connectivity index (χ0) is 7.84. The highest BCUT2D eigenvalue weighted by molar-refractivity contribution is 5.81. The van der Waals surface area contributed by atoms with Crippen LogP contribution in [-0.2, 0) is 9.53 Å². The molecule has 2 aliphatic rings. The van der Waals surface area contributed by atoms with Crippen LogP contribution in [-0.4, -0.2) is 19.0 Å². The molecule has 1 aliphatic heterocycles. The molecule has 1 heterocycles. The van der Waals surface area contributed by atoms with E-state index in [1.54, 1.807) is 6.92 Å². The number of carbonyl (C=O) groups is 1. The van der Waals surface area contributed by atoms with E-state index in [0.29, 0.717) is 23.5 Å². The van der Waals surface area contributed by atoms with Crippen molar-refractivity contribution in [2.24, 2.45) is 17.8 Å². The molecule has 1 aliphatic carbocycles. The predicted octanol–water partition coefficient (Wildman–Crippen LogP) is 1.25. The molecule has 3 unspecified atom stereocenters. The van der Waals surface area contributed by atoms with E-state index in [4.69, 9.17) is 4.74 Å². The van der Waals surface area contributed by atoms with Gasteiger partial charge in [0.2, 0.25) is 0 Å². The van der Waals surface area contributed by atoms with Gasteiger partial charge >= 0.3 is 0 Å². The molecule has 1 saturated heterocycles. The molecule has 2 heteroatoms. The van der Waals surface area contributed by atoms with Crippen LogP contribution in [0.1, 0.15) is 19.8 Å². The van der Waals surface area contributed by atoms with Crippen molar-refractivity contribution in [3.05, 3.63) is 0 Å². The number of carbonyl (C=O) groups excluding carboxylic acids is 1. The van der Waals surface area contributed by atoms with Crippen LogP contribution in [0, 0.1) is 17.8 Å². The Morgan fingerprint density at radius 2 is 2.36 bits per heavy atom. The standard InChI is InChI=1S/C9H14O2/c1-6(10)8-4-9(8)7-2-3-11-5-7/h7-9H,2-5H2,1H3. The Hall–Kier alpha value is -0.370. The SMILES string of the molecule is CC(=O)C1CC1C1CCOC1. The van der Waals surface area contributed by atoms with Crippen molar-refractivity contribution in [1.82, 2.24) is 0 Å². The Bertz CT molecular complexity index is 170. The molecule has 0 spiro atoms. The third-order valence-corrected chi connectivity index (χ3v) is 2.93. The van der Waals surface area contributed by atoms with Gasteiger partial charge in [-0.05, 0) is 31.6 Å². The largest absolute Gasteiger partial charge is 0.381 e. The lowest BCUT2D eigenvalue weighted by Gasteiger charge is -2.03. The van der Waals surface area contributed by atoms with Crippen molar-refractivity contribution in [2.45, 2.75) is 19.8 Å². The fourth-order valence-electron chi connectivity index (χ4n) is 2.09. The summed E-state index contributed by atoms with van der Waals surface area (Å²) in [5, 5.41) is 0. The highest BCUT2D eigenvalue weighted by atomic mass is 16.5. The third kappa shape index (κ3) is 1.32. The van der Waals surface area contributed by atoms with E-state index < -0.39 is 0 Å². The van der Waals surface area contributed by atoms with Crippen molar-refractivity contribution in [3.63, 3.8) is 0 Å². The molecular formula is C9H14O2. The Morgan fingerprint density at radius 1 is 1.55 bits per heavy atom. The number of ketones is 1. The average Bonchev–Trinajstić information content (AvgIpc) is 2.60. The van der Waals surface area contributed by atoms with Crippen LogP contribution in [0.15, 0.2) is 0 Å². The first kappa shape index (κ1) is 7.29. The molecule has 0 amide bonds. The van der Waals surface area contributed by atoms with Gasteiger partial charge in [-0.15, -0.1) is 0 Å². The minimum Gasteiger partial charge on any atom is -0.381 e. The average molecular weight is 154 g/mol. The Kier molecular flexibility index (Phi) is 1.72. The van der Waals surface area contributed by atoms with Gasteiger partial charge in [0, 0.05) is 19.1 Å². The van der Waals surface area contributed by atoms with Crippen LogP contribution in [0.4, 0.5) is 0 Å². The normalized spacial score (nSPS) is 42.5. The summed E-state index contributed by atoms with van der Waals surface area (Å²) in [5.74, 6) is 2.14. The monoisotopic (exact) mass is 154 g/mol. The second kappa shape index (κ2) is 2.59. The van der Waals surface area contributed by atoms with E-state index in [9.17, 15) is 4.79 Å². The summed E-state index contributed by atoms with van der Waals surface area (Å²) in [7, 11) is 0. The van der Waals surface area contributed by atoms with Gasteiger partial charge in [-0.1, -0.05) is 0 Å². The molecule has 0 aromatic heterocycles. The Labute approximate surface area is 66.9 Å². The summed E-state index contributed by atoms with van der Waals surface area (Å²) in [4.78, 5) is 10.9. The van der Waals surface area contributed by atoms with Crippen molar-refractivity contribution in [1.29, 1.82) is 0 Å². The number of rotatable bonds is 2. The molecule has 11 heavy (non-hydrogen) atoms. The Morgan fingerprint density at radius 3 is 2.82 bits per heavy atom. The van der Waals surface area contributed by atoms with E-state index in [1.807, 2.05) is 0 Å². The molecule has 2 fully saturated rings. The van der Waals surface area contributed by atoms with Gasteiger partial charge < -0.3 is 4.74 Å². The fourth-order valence-corrected chi connectivity index (χ4v) is 2.09. The molecule has 3 atom stereocenters. The zero-order valence-electron chi connectivity index (χ0n) is 6.88. The van der Waals surface area contributed by atoms with Crippen LogP contribution < -0.4 is 0 Å². The highest BCUT2D eigenvalue weighted by Gasteiger charge is 2.46. The summed E-state index contributed by atoms with van der Waals surface area (Å²) < 4.78 is 5.28. The van der Waals surface area contributed by atoms with Gasteiger partial charge in [-0.25, -0.2) is 0 Å². The molecule has 0 N–H and O–H groups in total. The summed E-state index contributed by atoms with van der Waals surface area (Å²) in [6.45, 7) is 3.51. The Balaban J connectivity index is 1.85. The van der Waals surface area contributed by atoms with Gasteiger partial charge in [0.05, 0.1) is 0 Å². The van der Waals surface area contributed by atoms with Crippen molar-refractivity contribution in [3.8, 4) is 0 Å². The second-order valence-electron chi connectivity index (χ2n) is 3.74. The van der Waals surface area contributed by atoms with Crippen LogP contribution in [0.3, 0.4) is 0 Å². The van der Waals surface area contributed by atoms with Crippen LogP contribution in [0.5, 0.6) is 0 Å². The van der Waals surface area contributed by atoms with Crippen LogP contribution >= 0.6 is 0 Å². The van der Waals surface area contributed by atoms with E-state index in [0.717, 1.165) is 19.6 Å². The molecular weight excluding hydrogens is 140 g/mol. The maximum atomic E-state index is 10.9. The predicted molar refractivity (Wildman–Crippen MR) is 41.2 cm³/mol. The van der Waals surface area contributed by atoms with Crippen molar-refractivity contribution >= 4 is 5.78 Å². The lowest BCUT2D eigenvalue weighted by molar-refractivity contribution is -0.118. The molecule has 0 aromatic carbocycles. The quantitative estimate of drug-likeness (QED) is 0.598. The number of ether oxygens (including phenoxy) is 1. The minimum atomic E-state index is 0.377. The third-order valence-electron chi connectivity index (χ3n) is 2.93. The van der Waals surface area contributed by atoms with E-state index in [-0.39, 0.29) is 0 Å². The molecule has 2 nitrogen and oxygen atoms in total. The first-order valence-corrected chi connectivity index (χ1v) is 4.37. The van der Waals surface area contributed by atoms with Gasteiger partial charge in [-0.3, -0.25) is 4.79 Å². The minimum absolute atomic E-state index is 0.377. The second-order valence-corrected chi connectivity index (χ2v) is 3.74. The maximum absolute atomic E-state index is 10.9. The van der Waals surface area contributed by atoms with Gasteiger partial charge in [-0.2, -0.15) is 0 Å². The summed E-state index contributed by atoms with van der Waals surface area (Å²) in [5.41, 5.74) is 0. The summed E-state index contributed by atoms with van der Waals surface area (Å²) in [6, 6.07) is 0. The first-order valence-electron chi connectivity index (χ1n) is 4.37. The van der Waals surface area contributed by atoms with Crippen molar-refractivity contribution in [2.75, 3.05) is 13.2 Å². The highest BCUT2D eigenvalue weighted by Crippen LogP contribution is 2.47. The number of Topliss-reactive ketones (excluding diaryl/α,β-unsaturated/α-hetero) is 1. The fraction of sp³-hybridized carbons (Fsp3) is 0.889. The lowest BCUT2D eigenvalue weighted by atomic mass is 10.0. The van der Waals surface area contributed by atoms with E-state index in [1.165, 1.54) is 6.42 Å². The van der Waals surface area contributed by atoms with E-state index >= 15 is 0 Å². The molecule has 62 valence electrons. The number of hydrogen-bond donors (Lipinski definition) is 0. The van der Waals surface area contributed by atoms with Crippen molar-refractivity contribution < 1.29 is 9.53 Å².